The molecule has 148 valence electrons. The molecular weight excluding hydrogens is 406 g/mol. The van der Waals surface area contributed by atoms with Gasteiger partial charge in [-0.1, -0.05) is 6.07 Å². The van der Waals surface area contributed by atoms with Gasteiger partial charge in [0, 0.05) is 34.0 Å². The summed E-state index contributed by atoms with van der Waals surface area (Å²) in [5.74, 6) is 2.10. The highest BCUT2D eigenvalue weighted by Gasteiger charge is 2.17. The molecule has 0 bridgehead atoms. The third-order valence-corrected chi connectivity index (χ3v) is 6.57. The Morgan fingerprint density at radius 2 is 2.03 bits per heavy atom. The van der Waals surface area contributed by atoms with Crippen molar-refractivity contribution in [2.45, 2.75) is 19.4 Å². The highest BCUT2D eigenvalue weighted by Crippen LogP contribution is 2.35. The molecule has 5 rings (SSSR count). The van der Waals surface area contributed by atoms with Gasteiger partial charge in [0.15, 0.2) is 11.5 Å². The van der Waals surface area contributed by atoms with Gasteiger partial charge in [0.2, 0.25) is 0 Å². The molecule has 0 aliphatic carbocycles. The number of hydrogen-bond acceptors (Lipinski definition) is 7. The smallest absolute Gasteiger partial charge is 0.260 e. The molecule has 0 amide bonds. The minimum atomic E-state index is -0.177. The van der Waals surface area contributed by atoms with Gasteiger partial charge in [-0.15, -0.1) is 22.7 Å². The van der Waals surface area contributed by atoms with E-state index < -0.39 is 0 Å². The number of thiophene rings is 2. The number of fused-ring (bicyclic) bond motifs is 2. The fourth-order valence-corrected chi connectivity index (χ4v) is 5.12. The Morgan fingerprint density at radius 3 is 2.86 bits per heavy atom. The van der Waals surface area contributed by atoms with Crippen molar-refractivity contribution in [3.63, 3.8) is 0 Å². The van der Waals surface area contributed by atoms with Gasteiger partial charge >= 0.3 is 0 Å². The summed E-state index contributed by atoms with van der Waals surface area (Å²) in [6, 6.07) is 9.61. The topological polar surface area (TPSA) is 76.2 Å². The molecule has 1 atom stereocenters. The Balaban J connectivity index is 1.44. The first kappa shape index (κ1) is 18.2. The van der Waals surface area contributed by atoms with Crippen LogP contribution in [-0.2, 0) is 0 Å². The Hall–Kier alpha value is -2.84. The van der Waals surface area contributed by atoms with Crippen LogP contribution in [0.15, 0.2) is 45.9 Å². The summed E-state index contributed by atoms with van der Waals surface area (Å²) in [6.45, 7) is 3.28. The average molecular weight is 426 g/mol. The minimum Gasteiger partial charge on any atom is -0.490 e. The predicted octanol–water partition coefficient (Wildman–Crippen LogP) is 5.05. The molecule has 29 heavy (non-hydrogen) atoms. The molecule has 1 aromatic carbocycles. The number of aromatic amines is 1. The highest BCUT2D eigenvalue weighted by atomic mass is 32.1. The maximum atomic E-state index is 12.8. The normalized spacial score (nSPS) is 14.5. The molecular formula is C21H19N3O3S2. The molecule has 8 heteroatoms. The van der Waals surface area contributed by atoms with Crippen LogP contribution < -0.4 is 20.3 Å². The van der Waals surface area contributed by atoms with Crippen molar-refractivity contribution in [1.29, 1.82) is 0 Å². The molecule has 4 aromatic rings. The number of hydrogen-bond donors (Lipinski definition) is 2. The van der Waals surface area contributed by atoms with Crippen LogP contribution in [0.3, 0.4) is 0 Å². The average Bonchev–Trinajstić information content (AvgIpc) is 3.33. The monoisotopic (exact) mass is 425 g/mol. The SMILES string of the molecule is C[C@@H](Nc1ccc2c(c1)OCCCO2)c1nc2scc(-c3cccs3)c2c(=O)[nH]1. The lowest BCUT2D eigenvalue weighted by Crippen LogP contribution is -2.17. The van der Waals surface area contributed by atoms with Crippen LogP contribution >= 0.6 is 22.7 Å². The first-order valence-electron chi connectivity index (χ1n) is 9.40. The lowest BCUT2D eigenvalue weighted by atomic mass is 10.2. The summed E-state index contributed by atoms with van der Waals surface area (Å²) < 4.78 is 11.4. The van der Waals surface area contributed by atoms with Gasteiger partial charge in [-0.2, -0.15) is 0 Å². The van der Waals surface area contributed by atoms with E-state index in [1.54, 1.807) is 11.3 Å². The van der Waals surface area contributed by atoms with Gasteiger partial charge in [0.1, 0.15) is 10.7 Å². The molecule has 0 radical (unpaired) electrons. The first-order valence-corrected chi connectivity index (χ1v) is 11.2. The fourth-order valence-electron chi connectivity index (χ4n) is 3.36. The van der Waals surface area contributed by atoms with E-state index in [1.807, 2.05) is 48.0 Å². The molecule has 0 fully saturated rings. The van der Waals surface area contributed by atoms with Gasteiger partial charge < -0.3 is 19.8 Å². The van der Waals surface area contributed by atoms with E-state index in [9.17, 15) is 4.79 Å². The Kier molecular flexibility index (Phi) is 4.73. The second kappa shape index (κ2) is 7.53. The van der Waals surface area contributed by atoms with E-state index in [0.717, 1.165) is 38.9 Å². The quantitative estimate of drug-likeness (QED) is 0.479. The number of H-pyrrole nitrogens is 1. The predicted molar refractivity (Wildman–Crippen MR) is 118 cm³/mol. The maximum absolute atomic E-state index is 12.8. The number of nitrogens with zero attached hydrogens (tertiary/aromatic N) is 1. The van der Waals surface area contributed by atoms with Crippen LogP contribution in [0, 0.1) is 0 Å². The largest absolute Gasteiger partial charge is 0.490 e. The zero-order valence-electron chi connectivity index (χ0n) is 15.7. The summed E-state index contributed by atoms with van der Waals surface area (Å²) >= 11 is 3.12. The van der Waals surface area contributed by atoms with Crippen molar-refractivity contribution in [1.82, 2.24) is 9.97 Å². The maximum Gasteiger partial charge on any atom is 0.260 e. The van der Waals surface area contributed by atoms with E-state index in [-0.39, 0.29) is 11.6 Å². The van der Waals surface area contributed by atoms with Gasteiger partial charge in [0.05, 0.1) is 24.6 Å². The van der Waals surface area contributed by atoms with Gasteiger partial charge in [-0.3, -0.25) is 4.79 Å². The van der Waals surface area contributed by atoms with Crippen LogP contribution in [0.25, 0.3) is 20.7 Å². The second-order valence-corrected chi connectivity index (χ2v) is 8.64. The van der Waals surface area contributed by atoms with E-state index in [1.165, 1.54) is 11.3 Å². The number of anilines is 1. The zero-order chi connectivity index (χ0) is 19.8. The Morgan fingerprint density at radius 1 is 1.17 bits per heavy atom. The van der Waals surface area contributed by atoms with Crippen molar-refractivity contribution in [2.24, 2.45) is 0 Å². The Bertz CT molecular complexity index is 1210. The minimum absolute atomic E-state index is 0.109. The van der Waals surface area contributed by atoms with Crippen LogP contribution in [0.1, 0.15) is 25.2 Å². The first-order chi connectivity index (χ1) is 14.2. The molecule has 1 aliphatic rings. The molecule has 1 aliphatic heterocycles. The molecule has 0 saturated heterocycles. The second-order valence-electron chi connectivity index (χ2n) is 6.84. The molecule has 0 unspecified atom stereocenters. The van der Waals surface area contributed by atoms with Crippen molar-refractivity contribution < 1.29 is 9.47 Å². The van der Waals surface area contributed by atoms with E-state index >= 15 is 0 Å². The molecule has 6 nitrogen and oxygen atoms in total. The Labute approximate surface area is 175 Å². The number of aromatic nitrogens is 2. The number of benzene rings is 1. The lowest BCUT2D eigenvalue weighted by Gasteiger charge is -2.16. The van der Waals surface area contributed by atoms with Crippen molar-refractivity contribution in [2.75, 3.05) is 18.5 Å². The molecule has 0 saturated carbocycles. The number of ether oxygens (including phenoxy) is 2. The molecule has 2 N–H and O–H groups in total. The van der Waals surface area contributed by atoms with Gasteiger partial charge in [-0.05, 0) is 30.5 Å². The van der Waals surface area contributed by atoms with Crippen LogP contribution in [0.4, 0.5) is 5.69 Å². The number of rotatable bonds is 4. The van der Waals surface area contributed by atoms with E-state index in [4.69, 9.17) is 14.5 Å². The van der Waals surface area contributed by atoms with Crippen molar-refractivity contribution in [3.8, 4) is 21.9 Å². The van der Waals surface area contributed by atoms with Gasteiger partial charge in [-0.25, -0.2) is 4.98 Å². The van der Waals surface area contributed by atoms with E-state index in [2.05, 4.69) is 10.3 Å². The summed E-state index contributed by atoms with van der Waals surface area (Å²) in [5, 5.41) is 8.06. The third kappa shape index (κ3) is 3.49. The number of nitrogens with one attached hydrogen (secondary N) is 2. The summed E-state index contributed by atoms with van der Waals surface area (Å²) in [6.07, 6.45) is 0.868. The highest BCUT2D eigenvalue weighted by molar-refractivity contribution is 7.18. The molecule has 4 heterocycles. The third-order valence-electron chi connectivity index (χ3n) is 4.79. The van der Waals surface area contributed by atoms with Crippen LogP contribution in [0.5, 0.6) is 11.5 Å². The standard InChI is InChI=1S/C21H19N3O3S2/c1-12(22-13-5-6-15-16(10-13)27-8-3-7-26-15)19-23-20(25)18-14(11-29-21(18)24-19)17-4-2-9-28-17/h2,4-6,9-12,22H,3,7-8H2,1H3,(H,23,24,25)/t12-/m1/s1. The van der Waals surface area contributed by atoms with Crippen LogP contribution in [0.2, 0.25) is 0 Å². The molecule has 3 aromatic heterocycles. The molecule has 0 spiro atoms. The van der Waals surface area contributed by atoms with Gasteiger partial charge in [0.25, 0.3) is 5.56 Å². The zero-order valence-corrected chi connectivity index (χ0v) is 17.4. The lowest BCUT2D eigenvalue weighted by molar-refractivity contribution is 0.297. The van der Waals surface area contributed by atoms with Crippen molar-refractivity contribution in [3.05, 3.63) is 57.3 Å². The van der Waals surface area contributed by atoms with Crippen molar-refractivity contribution >= 4 is 38.6 Å². The summed E-state index contributed by atoms with van der Waals surface area (Å²) in [7, 11) is 0. The fraction of sp³-hybridized carbons (Fsp3) is 0.238. The van der Waals surface area contributed by atoms with Crippen LogP contribution in [-0.4, -0.2) is 23.2 Å². The summed E-state index contributed by atoms with van der Waals surface area (Å²) in [5.41, 5.74) is 1.72. The van der Waals surface area contributed by atoms with E-state index in [0.29, 0.717) is 24.4 Å². The summed E-state index contributed by atoms with van der Waals surface area (Å²) in [4.78, 5) is 22.3.